The van der Waals surface area contributed by atoms with E-state index in [1.54, 1.807) is 0 Å². The predicted octanol–water partition coefficient (Wildman–Crippen LogP) is 5.10. The molecule has 3 rings (SSSR count). The first-order valence-electron chi connectivity index (χ1n) is 10.6. The molecule has 1 aromatic carbocycles. The molecule has 2 aromatic rings. The van der Waals surface area contributed by atoms with Crippen molar-refractivity contribution in [1.29, 1.82) is 0 Å². The summed E-state index contributed by atoms with van der Waals surface area (Å²) in [7, 11) is 0. The van der Waals surface area contributed by atoms with Crippen LogP contribution >= 0.6 is 11.8 Å². The van der Waals surface area contributed by atoms with Gasteiger partial charge in [-0.1, -0.05) is 69.0 Å². The molecule has 0 saturated heterocycles. The van der Waals surface area contributed by atoms with Crippen molar-refractivity contribution in [1.82, 2.24) is 14.8 Å². The van der Waals surface area contributed by atoms with Gasteiger partial charge in [0.15, 0.2) is 5.16 Å². The molecule has 1 aliphatic rings. The summed E-state index contributed by atoms with van der Waals surface area (Å²) in [6.07, 6.45) is 9.97. The van der Waals surface area contributed by atoms with Crippen LogP contribution in [0.15, 0.2) is 29.4 Å². The zero-order valence-electron chi connectivity index (χ0n) is 17.1. The quantitative estimate of drug-likeness (QED) is 0.595. The Morgan fingerprint density at radius 2 is 1.96 bits per heavy atom. The summed E-state index contributed by atoms with van der Waals surface area (Å²) in [6.45, 7) is 5.06. The Balaban J connectivity index is 1.53. The third-order valence-corrected chi connectivity index (χ3v) is 6.58. The number of nitrogens with zero attached hydrogens (tertiary/aromatic N) is 3. The maximum Gasteiger partial charge on any atom is 0.234 e. The van der Waals surface area contributed by atoms with Crippen LogP contribution in [0.3, 0.4) is 0 Å². The second kappa shape index (κ2) is 10.6. The number of hydrogen-bond donors (Lipinski definition) is 1. The van der Waals surface area contributed by atoms with Crippen LogP contribution in [0.1, 0.15) is 63.8 Å². The highest BCUT2D eigenvalue weighted by atomic mass is 32.2. The zero-order valence-corrected chi connectivity index (χ0v) is 17.9. The number of carbonyl (C=O) groups excluding carboxylic acids is 1. The number of hydrogen-bond acceptors (Lipinski definition) is 4. The van der Waals surface area contributed by atoms with Crippen molar-refractivity contribution in [3.05, 3.63) is 35.7 Å². The Bertz CT molecular complexity index is 768. The summed E-state index contributed by atoms with van der Waals surface area (Å²) in [4.78, 5) is 12.4. The first kappa shape index (κ1) is 20.9. The molecule has 28 heavy (non-hydrogen) atoms. The Morgan fingerprint density at radius 3 is 2.71 bits per heavy atom. The summed E-state index contributed by atoms with van der Waals surface area (Å²) < 4.78 is 2.17. The van der Waals surface area contributed by atoms with E-state index < -0.39 is 0 Å². The largest absolute Gasteiger partial charge is 0.325 e. The van der Waals surface area contributed by atoms with E-state index in [4.69, 9.17) is 0 Å². The molecular weight excluding hydrogens is 368 g/mol. The lowest BCUT2D eigenvalue weighted by molar-refractivity contribution is -0.113. The second-order valence-corrected chi connectivity index (χ2v) is 8.48. The van der Waals surface area contributed by atoms with Crippen molar-refractivity contribution >= 4 is 23.4 Å². The van der Waals surface area contributed by atoms with Gasteiger partial charge in [-0.2, -0.15) is 0 Å². The number of benzene rings is 1. The molecule has 0 unspecified atom stereocenters. The highest BCUT2D eigenvalue weighted by Crippen LogP contribution is 2.28. The van der Waals surface area contributed by atoms with Gasteiger partial charge < -0.3 is 9.88 Å². The Labute approximate surface area is 172 Å². The van der Waals surface area contributed by atoms with Gasteiger partial charge in [0.2, 0.25) is 5.91 Å². The minimum atomic E-state index is 0.000286. The topological polar surface area (TPSA) is 59.8 Å². The van der Waals surface area contributed by atoms with Crippen molar-refractivity contribution in [2.45, 2.75) is 76.9 Å². The lowest BCUT2D eigenvalue weighted by Gasteiger charge is -2.21. The molecule has 0 spiro atoms. The average molecular weight is 401 g/mol. The first-order valence-corrected chi connectivity index (χ1v) is 11.6. The lowest BCUT2D eigenvalue weighted by Crippen LogP contribution is -2.16. The Morgan fingerprint density at radius 1 is 1.18 bits per heavy atom. The number of nitrogens with one attached hydrogen (secondary N) is 1. The third kappa shape index (κ3) is 5.60. The minimum Gasteiger partial charge on any atom is -0.325 e. The highest BCUT2D eigenvalue weighted by molar-refractivity contribution is 7.99. The minimum absolute atomic E-state index is 0.000286. The summed E-state index contributed by atoms with van der Waals surface area (Å²) >= 11 is 1.47. The van der Waals surface area contributed by atoms with Crippen LogP contribution in [0.25, 0.3) is 0 Å². The number of aromatic nitrogens is 3. The summed E-state index contributed by atoms with van der Waals surface area (Å²) in [5.41, 5.74) is 2.06. The number of para-hydroxylation sites is 1. The second-order valence-electron chi connectivity index (χ2n) is 7.53. The van der Waals surface area contributed by atoms with Crippen LogP contribution in [0.2, 0.25) is 0 Å². The van der Waals surface area contributed by atoms with Gasteiger partial charge in [-0.15, -0.1) is 10.2 Å². The van der Waals surface area contributed by atoms with E-state index in [0.29, 0.717) is 5.75 Å². The standard InChI is InChI=1S/C22H32N4OS/c1-3-18-12-8-9-13-19(18)23-21(27)16-28-22-25-24-20(26(22)4-2)15-14-17-10-6-5-7-11-17/h8-9,12-13,17H,3-7,10-11,14-16H2,1-2H3,(H,23,27). The maximum absolute atomic E-state index is 12.4. The van der Waals surface area contributed by atoms with Gasteiger partial charge in [0.25, 0.3) is 0 Å². The van der Waals surface area contributed by atoms with Crippen LogP contribution in [0.5, 0.6) is 0 Å². The molecule has 5 nitrogen and oxygen atoms in total. The SMILES string of the molecule is CCc1ccccc1NC(=O)CSc1nnc(CCC2CCCCC2)n1CC. The van der Waals surface area contributed by atoms with Crippen molar-refractivity contribution in [3.8, 4) is 0 Å². The molecule has 1 N–H and O–H groups in total. The van der Waals surface area contributed by atoms with E-state index in [2.05, 4.69) is 40.0 Å². The van der Waals surface area contributed by atoms with Crippen LogP contribution in [-0.2, 0) is 24.2 Å². The first-order chi connectivity index (χ1) is 13.7. The molecular formula is C22H32N4OS. The van der Waals surface area contributed by atoms with Crippen molar-refractivity contribution < 1.29 is 4.79 Å². The van der Waals surface area contributed by atoms with Gasteiger partial charge in [0.1, 0.15) is 5.82 Å². The molecule has 0 atom stereocenters. The van der Waals surface area contributed by atoms with E-state index in [9.17, 15) is 4.79 Å². The molecule has 1 amide bonds. The average Bonchev–Trinajstić information content (AvgIpc) is 3.13. The summed E-state index contributed by atoms with van der Waals surface area (Å²) in [6, 6.07) is 7.96. The number of amides is 1. The van der Waals surface area contributed by atoms with E-state index in [-0.39, 0.29) is 5.91 Å². The number of anilines is 1. The number of carbonyl (C=O) groups is 1. The van der Waals surface area contributed by atoms with Gasteiger partial charge in [-0.05, 0) is 37.3 Å². The summed E-state index contributed by atoms with van der Waals surface area (Å²) in [5, 5.41) is 12.7. The number of aryl methyl sites for hydroxylation is 2. The van der Waals surface area contributed by atoms with Crippen molar-refractivity contribution in [2.24, 2.45) is 5.92 Å². The van der Waals surface area contributed by atoms with Crippen LogP contribution in [0.4, 0.5) is 5.69 Å². The Hall–Kier alpha value is -1.82. The molecule has 1 fully saturated rings. The molecule has 0 radical (unpaired) electrons. The highest BCUT2D eigenvalue weighted by Gasteiger charge is 2.17. The van der Waals surface area contributed by atoms with E-state index in [1.165, 1.54) is 50.3 Å². The fourth-order valence-electron chi connectivity index (χ4n) is 4.00. The molecule has 152 valence electrons. The van der Waals surface area contributed by atoms with Gasteiger partial charge >= 0.3 is 0 Å². The van der Waals surface area contributed by atoms with Crippen LogP contribution in [0, 0.1) is 5.92 Å². The third-order valence-electron chi connectivity index (χ3n) is 5.62. The lowest BCUT2D eigenvalue weighted by atomic mass is 9.86. The smallest absolute Gasteiger partial charge is 0.234 e. The molecule has 6 heteroatoms. The van der Waals surface area contributed by atoms with Gasteiger partial charge in [0.05, 0.1) is 5.75 Å². The van der Waals surface area contributed by atoms with Gasteiger partial charge in [0, 0.05) is 18.7 Å². The number of rotatable bonds is 9. The number of thioether (sulfide) groups is 1. The molecule has 1 saturated carbocycles. The molecule has 1 aliphatic carbocycles. The summed E-state index contributed by atoms with van der Waals surface area (Å²) in [5.74, 6) is 2.25. The zero-order chi connectivity index (χ0) is 19.8. The van der Waals surface area contributed by atoms with Crippen molar-refractivity contribution in [2.75, 3.05) is 11.1 Å². The predicted molar refractivity (Wildman–Crippen MR) is 116 cm³/mol. The normalized spacial score (nSPS) is 14.9. The van der Waals surface area contributed by atoms with Crippen molar-refractivity contribution in [3.63, 3.8) is 0 Å². The molecule has 0 bridgehead atoms. The van der Waals surface area contributed by atoms with E-state index in [1.807, 2.05) is 18.2 Å². The fraction of sp³-hybridized carbons (Fsp3) is 0.591. The molecule has 1 aromatic heterocycles. The van der Waals surface area contributed by atoms with E-state index >= 15 is 0 Å². The van der Waals surface area contributed by atoms with Gasteiger partial charge in [-0.25, -0.2) is 0 Å². The Kier molecular flexibility index (Phi) is 7.95. The van der Waals surface area contributed by atoms with Gasteiger partial charge in [-0.3, -0.25) is 4.79 Å². The van der Waals surface area contributed by atoms with Crippen LogP contribution < -0.4 is 5.32 Å². The maximum atomic E-state index is 12.4. The molecule has 1 heterocycles. The fourth-order valence-corrected chi connectivity index (χ4v) is 4.83. The van der Waals surface area contributed by atoms with E-state index in [0.717, 1.165) is 47.5 Å². The molecule has 0 aliphatic heterocycles. The monoisotopic (exact) mass is 400 g/mol. The van der Waals surface area contributed by atoms with Crippen LogP contribution in [-0.4, -0.2) is 26.4 Å².